The van der Waals surface area contributed by atoms with Crippen LogP contribution in [-0.4, -0.2) is 27.5 Å². The molecule has 0 saturated heterocycles. The van der Waals surface area contributed by atoms with Gasteiger partial charge >= 0.3 is 0 Å². The third-order valence-electron chi connectivity index (χ3n) is 9.43. The van der Waals surface area contributed by atoms with Gasteiger partial charge in [0.15, 0.2) is 0 Å². The number of nitrogens with zero attached hydrogens (tertiary/aromatic N) is 3. The molecule has 1 aliphatic heterocycles. The van der Waals surface area contributed by atoms with Gasteiger partial charge in [-0.3, -0.25) is 4.79 Å². The summed E-state index contributed by atoms with van der Waals surface area (Å²) in [5.41, 5.74) is 11.0. The molecule has 2 aliphatic carbocycles. The van der Waals surface area contributed by atoms with Crippen molar-refractivity contribution in [3.63, 3.8) is 0 Å². The molecule has 1 fully saturated rings. The third kappa shape index (κ3) is 3.73. The summed E-state index contributed by atoms with van der Waals surface area (Å²) in [5.74, 6) is 2.42. The zero-order chi connectivity index (χ0) is 28.5. The molecule has 0 radical (unpaired) electrons. The fraction of sp³-hybridized carbons (Fsp3) is 0.216. The van der Waals surface area contributed by atoms with E-state index in [2.05, 4.69) is 103 Å². The number of aryl methyl sites for hydroxylation is 2. The van der Waals surface area contributed by atoms with E-state index in [0.29, 0.717) is 23.4 Å². The van der Waals surface area contributed by atoms with Crippen molar-refractivity contribution in [3.8, 4) is 11.1 Å². The number of amides is 1. The number of hydrogen-bond donors (Lipinski definition) is 1. The number of nitrogens with one attached hydrogen (secondary N) is 1. The Kier molecular flexibility index (Phi) is 5.58. The van der Waals surface area contributed by atoms with Crippen LogP contribution < -0.4 is 5.32 Å². The topological polar surface area (TPSA) is 59.8 Å². The predicted octanol–water partition coefficient (Wildman–Crippen LogP) is 7.38. The number of imidazole rings is 1. The van der Waals surface area contributed by atoms with Crippen LogP contribution in [0.3, 0.4) is 0 Å². The number of rotatable bonds is 5. The summed E-state index contributed by atoms with van der Waals surface area (Å²) in [6.45, 7) is 4.42. The Morgan fingerprint density at radius 3 is 2.45 bits per heavy atom. The van der Waals surface area contributed by atoms with Crippen molar-refractivity contribution in [3.05, 3.63) is 143 Å². The van der Waals surface area contributed by atoms with Gasteiger partial charge in [-0.1, -0.05) is 90.5 Å². The van der Waals surface area contributed by atoms with Crippen molar-refractivity contribution in [1.29, 1.82) is 0 Å². The molecule has 0 spiro atoms. The molecule has 3 aromatic carbocycles. The van der Waals surface area contributed by atoms with E-state index in [0.717, 1.165) is 27.9 Å². The van der Waals surface area contributed by atoms with Gasteiger partial charge < -0.3 is 9.88 Å². The smallest absolute Gasteiger partial charge is 0.269 e. The minimum absolute atomic E-state index is 0.0263. The van der Waals surface area contributed by atoms with Gasteiger partial charge in [-0.25, -0.2) is 9.97 Å². The lowest BCUT2D eigenvalue weighted by Crippen LogP contribution is -2.20. The summed E-state index contributed by atoms with van der Waals surface area (Å²) < 4.78 is 2.52. The van der Waals surface area contributed by atoms with Crippen LogP contribution in [0.2, 0.25) is 0 Å². The van der Waals surface area contributed by atoms with E-state index >= 15 is 0 Å². The summed E-state index contributed by atoms with van der Waals surface area (Å²) in [5, 5.41) is 2.71. The normalized spacial score (nSPS) is 22.0. The van der Waals surface area contributed by atoms with E-state index in [9.17, 15) is 4.79 Å². The molecular formula is C37H32N4O. The minimum atomic E-state index is -0.179. The van der Waals surface area contributed by atoms with Crippen LogP contribution in [-0.2, 0) is 0 Å². The van der Waals surface area contributed by atoms with Gasteiger partial charge in [-0.15, -0.1) is 0 Å². The van der Waals surface area contributed by atoms with Crippen molar-refractivity contribution < 1.29 is 4.79 Å². The van der Waals surface area contributed by atoms with Crippen molar-refractivity contribution in [2.24, 2.45) is 5.92 Å². The number of carbonyl (C=O) groups excluding carboxylic acids is 1. The second kappa shape index (κ2) is 9.38. The maximum absolute atomic E-state index is 12.5. The first-order valence-corrected chi connectivity index (χ1v) is 14.8. The van der Waals surface area contributed by atoms with Crippen LogP contribution in [0.1, 0.15) is 68.1 Å². The highest BCUT2D eigenvalue weighted by atomic mass is 16.1. The Morgan fingerprint density at radius 1 is 0.857 bits per heavy atom. The predicted molar refractivity (Wildman–Crippen MR) is 167 cm³/mol. The Morgan fingerprint density at radius 2 is 1.67 bits per heavy atom. The van der Waals surface area contributed by atoms with Crippen LogP contribution in [0.5, 0.6) is 0 Å². The fourth-order valence-electron chi connectivity index (χ4n) is 7.41. The van der Waals surface area contributed by atoms with E-state index in [1.165, 1.54) is 28.1 Å². The molecule has 0 bridgehead atoms. The lowest BCUT2D eigenvalue weighted by atomic mass is 9.93. The average molecular weight is 549 g/mol. The fourth-order valence-corrected chi connectivity index (χ4v) is 7.41. The number of fused-ring (bicyclic) bond motifs is 5. The monoisotopic (exact) mass is 548 g/mol. The standard InChI is InChI=1S/C37H32N4O/c1-21-13-14-22(2)27(19-21)35-32-31(23-9-5-4-6-10-23)33(32)36-40-28-17-15-25(20-30(28)41(35)36)26-16-18-29(37(42)38-3)39-34(26)24-11-7-8-12-24/h4-20,24,31-33,35H,1-3H3,(H,38,42)/t31-,32-,33+,35-/m0/s1. The largest absolute Gasteiger partial charge is 0.354 e. The van der Waals surface area contributed by atoms with Crippen LogP contribution in [0.4, 0.5) is 0 Å². The van der Waals surface area contributed by atoms with Gasteiger partial charge in [0.1, 0.15) is 11.5 Å². The van der Waals surface area contributed by atoms with E-state index in [1.807, 2.05) is 24.3 Å². The van der Waals surface area contributed by atoms with E-state index in [1.54, 1.807) is 7.05 Å². The molecule has 5 nitrogen and oxygen atoms in total. The first-order valence-electron chi connectivity index (χ1n) is 14.8. The molecule has 206 valence electrons. The van der Waals surface area contributed by atoms with Crippen molar-refractivity contribution in [2.75, 3.05) is 7.05 Å². The highest BCUT2D eigenvalue weighted by Gasteiger charge is 2.63. The number of aromatic nitrogens is 3. The van der Waals surface area contributed by atoms with Gasteiger partial charge in [0.05, 0.1) is 22.8 Å². The summed E-state index contributed by atoms with van der Waals surface area (Å²) >= 11 is 0. The first kappa shape index (κ1) is 25.0. The molecule has 1 saturated carbocycles. The average Bonchev–Trinajstić information content (AvgIpc) is 3.33. The van der Waals surface area contributed by atoms with E-state index in [4.69, 9.17) is 9.97 Å². The molecule has 2 aromatic heterocycles. The van der Waals surface area contributed by atoms with Crippen LogP contribution in [0, 0.1) is 19.8 Å². The second-order valence-corrected chi connectivity index (χ2v) is 11.9. The minimum Gasteiger partial charge on any atom is -0.354 e. The molecule has 42 heavy (non-hydrogen) atoms. The van der Waals surface area contributed by atoms with Crippen LogP contribution in [0.15, 0.2) is 103 Å². The van der Waals surface area contributed by atoms with Gasteiger partial charge in [-0.05, 0) is 60.2 Å². The molecule has 5 heteroatoms. The number of pyridine rings is 1. The molecule has 3 heterocycles. The molecule has 8 rings (SSSR count). The maximum atomic E-state index is 12.5. The van der Waals surface area contributed by atoms with Crippen molar-refractivity contribution >= 4 is 16.9 Å². The Balaban J connectivity index is 1.30. The van der Waals surface area contributed by atoms with Gasteiger partial charge in [-0.2, -0.15) is 0 Å². The summed E-state index contributed by atoms with van der Waals surface area (Å²) in [7, 11) is 1.64. The molecule has 3 aliphatic rings. The first-order chi connectivity index (χ1) is 20.5. The molecule has 1 amide bonds. The quantitative estimate of drug-likeness (QED) is 0.249. The lowest BCUT2D eigenvalue weighted by molar-refractivity contribution is 0.0958. The Bertz CT molecular complexity index is 1940. The molecule has 4 atom stereocenters. The van der Waals surface area contributed by atoms with Crippen molar-refractivity contribution in [1.82, 2.24) is 19.9 Å². The molecule has 0 unspecified atom stereocenters. The number of benzene rings is 3. The van der Waals surface area contributed by atoms with Gasteiger partial charge in [0.2, 0.25) is 0 Å². The summed E-state index contributed by atoms with van der Waals surface area (Å²) in [6.07, 6.45) is 8.34. The molecule has 5 aromatic rings. The third-order valence-corrected chi connectivity index (χ3v) is 9.43. The highest BCUT2D eigenvalue weighted by Crippen LogP contribution is 2.70. The van der Waals surface area contributed by atoms with Crippen LogP contribution >= 0.6 is 0 Å². The second-order valence-electron chi connectivity index (χ2n) is 11.9. The van der Waals surface area contributed by atoms with Crippen molar-refractivity contribution in [2.45, 2.75) is 37.6 Å². The highest BCUT2D eigenvalue weighted by molar-refractivity contribution is 5.93. The van der Waals surface area contributed by atoms with E-state index < -0.39 is 0 Å². The zero-order valence-electron chi connectivity index (χ0n) is 24.0. The number of carbonyl (C=O) groups is 1. The van der Waals surface area contributed by atoms with Gasteiger partial charge in [0.25, 0.3) is 5.91 Å². The maximum Gasteiger partial charge on any atom is 0.269 e. The summed E-state index contributed by atoms with van der Waals surface area (Å²) in [4.78, 5) is 22.6. The zero-order valence-corrected chi connectivity index (χ0v) is 24.0. The van der Waals surface area contributed by atoms with Gasteiger partial charge in [0, 0.05) is 30.4 Å². The lowest BCUT2D eigenvalue weighted by Gasteiger charge is -2.23. The molecular weight excluding hydrogens is 516 g/mol. The summed E-state index contributed by atoms with van der Waals surface area (Å²) in [6, 6.07) is 28.5. The van der Waals surface area contributed by atoms with E-state index in [-0.39, 0.29) is 17.9 Å². The number of hydrogen-bond acceptors (Lipinski definition) is 3. The SMILES string of the molecule is CNC(=O)c1ccc(-c2ccc3nc4n(c3c2)[C@@H](c2cc(C)ccc2C)[C@H]2[C@H](c3ccccc3)[C@@H]42)c(C2C=CC=C2)n1. The Labute approximate surface area is 245 Å². The Hall–Kier alpha value is -4.77. The number of allylic oxidation sites excluding steroid dienone is 4. The van der Waals surface area contributed by atoms with Crippen LogP contribution in [0.25, 0.3) is 22.2 Å². The molecule has 1 N–H and O–H groups in total.